The zero-order valence-electron chi connectivity index (χ0n) is 10.5. The largest absolute Gasteiger partial charge is 0.284 e. The standard InChI is InChI=1S/C13H13ClN2O3/c1-15-12(17)9-10(7-4-3-5-8(14)6-7)16(2)19-11(9)13(15)18/h3-6,9-11H,1-2H3/t9-,10-,11+/m0/s1. The molecule has 0 spiro atoms. The molecule has 2 heterocycles. The molecular weight excluding hydrogens is 268 g/mol. The van der Waals surface area contributed by atoms with Gasteiger partial charge >= 0.3 is 0 Å². The van der Waals surface area contributed by atoms with Crippen LogP contribution in [0.5, 0.6) is 0 Å². The van der Waals surface area contributed by atoms with Gasteiger partial charge in [0.05, 0.1) is 12.0 Å². The molecule has 0 bridgehead atoms. The van der Waals surface area contributed by atoms with Crippen LogP contribution in [0.3, 0.4) is 0 Å². The number of likely N-dealkylation sites (tertiary alicyclic amines) is 1. The van der Waals surface area contributed by atoms with Crippen LogP contribution in [0.1, 0.15) is 11.6 Å². The molecule has 2 amide bonds. The number of amides is 2. The SMILES string of the molecule is CN1C(=O)[C@@H]2[C@@H](ON(C)[C@H]2c2cccc(Cl)c2)C1=O. The number of rotatable bonds is 1. The third-order valence-corrected chi connectivity index (χ3v) is 3.95. The maximum absolute atomic E-state index is 12.2. The maximum atomic E-state index is 12.2. The molecule has 6 heteroatoms. The van der Waals surface area contributed by atoms with Gasteiger partial charge in [0.15, 0.2) is 6.10 Å². The molecule has 0 saturated carbocycles. The summed E-state index contributed by atoms with van der Waals surface area (Å²) in [6.07, 6.45) is -0.716. The first-order chi connectivity index (χ1) is 9.00. The highest BCUT2D eigenvalue weighted by Gasteiger charge is 2.57. The first-order valence-electron chi connectivity index (χ1n) is 5.97. The van der Waals surface area contributed by atoms with E-state index >= 15 is 0 Å². The number of imide groups is 1. The third kappa shape index (κ3) is 1.77. The van der Waals surface area contributed by atoms with E-state index in [4.69, 9.17) is 16.4 Å². The molecule has 0 radical (unpaired) electrons. The van der Waals surface area contributed by atoms with Crippen molar-refractivity contribution in [3.8, 4) is 0 Å². The van der Waals surface area contributed by atoms with Crippen molar-refractivity contribution in [2.24, 2.45) is 5.92 Å². The highest BCUT2D eigenvalue weighted by molar-refractivity contribution is 6.30. The van der Waals surface area contributed by atoms with E-state index in [0.29, 0.717) is 5.02 Å². The van der Waals surface area contributed by atoms with Gasteiger partial charge in [-0.05, 0) is 17.7 Å². The van der Waals surface area contributed by atoms with Gasteiger partial charge in [-0.2, -0.15) is 5.06 Å². The summed E-state index contributed by atoms with van der Waals surface area (Å²) in [6, 6.07) is 6.99. The van der Waals surface area contributed by atoms with Crippen molar-refractivity contribution in [2.75, 3.05) is 14.1 Å². The summed E-state index contributed by atoms with van der Waals surface area (Å²) >= 11 is 5.99. The Bertz CT molecular complexity index is 563. The molecule has 0 unspecified atom stereocenters. The number of hydroxylamine groups is 2. The average Bonchev–Trinajstić information content (AvgIpc) is 2.81. The third-order valence-electron chi connectivity index (χ3n) is 3.72. The summed E-state index contributed by atoms with van der Waals surface area (Å²) in [6.45, 7) is 0. The monoisotopic (exact) mass is 280 g/mol. The summed E-state index contributed by atoms with van der Waals surface area (Å²) < 4.78 is 0. The number of fused-ring (bicyclic) bond motifs is 1. The van der Waals surface area contributed by atoms with Crippen LogP contribution in [0.15, 0.2) is 24.3 Å². The molecule has 5 nitrogen and oxygen atoms in total. The van der Waals surface area contributed by atoms with E-state index in [2.05, 4.69) is 0 Å². The quantitative estimate of drug-likeness (QED) is 0.727. The Morgan fingerprint density at radius 3 is 2.63 bits per heavy atom. The van der Waals surface area contributed by atoms with Crippen molar-refractivity contribution in [2.45, 2.75) is 12.1 Å². The van der Waals surface area contributed by atoms with Crippen molar-refractivity contribution in [3.63, 3.8) is 0 Å². The average molecular weight is 281 g/mol. The number of hydrogen-bond donors (Lipinski definition) is 0. The smallest absolute Gasteiger partial charge is 0.261 e. The summed E-state index contributed by atoms with van der Waals surface area (Å²) in [4.78, 5) is 30.8. The van der Waals surface area contributed by atoms with Gasteiger partial charge in [-0.25, -0.2) is 0 Å². The minimum absolute atomic E-state index is 0.204. The fourth-order valence-electron chi connectivity index (χ4n) is 2.80. The Balaban J connectivity index is 2.02. The Kier molecular flexibility index (Phi) is 2.85. The van der Waals surface area contributed by atoms with Gasteiger partial charge < -0.3 is 0 Å². The van der Waals surface area contributed by atoms with Crippen LogP contribution in [-0.2, 0) is 14.4 Å². The zero-order chi connectivity index (χ0) is 13.7. The van der Waals surface area contributed by atoms with Crippen LogP contribution >= 0.6 is 11.6 Å². The summed E-state index contributed by atoms with van der Waals surface area (Å²) in [5, 5.41) is 2.17. The molecule has 19 heavy (non-hydrogen) atoms. The molecule has 2 saturated heterocycles. The van der Waals surface area contributed by atoms with E-state index in [-0.39, 0.29) is 17.9 Å². The normalized spacial score (nSPS) is 31.1. The van der Waals surface area contributed by atoms with Gasteiger partial charge in [0.25, 0.3) is 5.91 Å². The molecule has 2 fully saturated rings. The minimum atomic E-state index is -0.716. The van der Waals surface area contributed by atoms with Gasteiger partial charge in [-0.3, -0.25) is 19.3 Å². The van der Waals surface area contributed by atoms with Crippen LogP contribution in [0, 0.1) is 5.92 Å². The number of hydrogen-bond acceptors (Lipinski definition) is 4. The second-order valence-electron chi connectivity index (χ2n) is 4.83. The maximum Gasteiger partial charge on any atom is 0.261 e. The van der Waals surface area contributed by atoms with Crippen LogP contribution < -0.4 is 0 Å². The van der Waals surface area contributed by atoms with Crippen molar-refractivity contribution >= 4 is 23.4 Å². The predicted octanol–water partition coefficient (Wildman–Crippen LogP) is 1.24. The Labute approximate surface area is 115 Å². The lowest BCUT2D eigenvalue weighted by molar-refractivity contribution is -0.168. The van der Waals surface area contributed by atoms with Gasteiger partial charge in [0, 0.05) is 19.1 Å². The minimum Gasteiger partial charge on any atom is -0.284 e. The molecule has 1 aromatic carbocycles. The predicted molar refractivity (Wildman–Crippen MR) is 68.1 cm³/mol. The molecule has 3 atom stereocenters. The Hall–Kier alpha value is -1.43. The van der Waals surface area contributed by atoms with Crippen molar-refractivity contribution in [1.29, 1.82) is 0 Å². The summed E-state index contributed by atoms with van der Waals surface area (Å²) in [5.74, 6) is -0.989. The van der Waals surface area contributed by atoms with Crippen LogP contribution in [0.25, 0.3) is 0 Å². The van der Waals surface area contributed by atoms with E-state index in [1.165, 1.54) is 7.05 Å². The molecule has 0 N–H and O–H groups in total. The number of benzene rings is 1. The molecule has 100 valence electrons. The van der Waals surface area contributed by atoms with Gasteiger partial charge in [0.2, 0.25) is 5.91 Å². The molecule has 2 aliphatic rings. The Morgan fingerprint density at radius 1 is 1.21 bits per heavy atom. The molecular formula is C13H13ClN2O3. The van der Waals surface area contributed by atoms with E-state index in [0.717, 1.165) is 10.5 Å². The second-order valence-corrected chi connectivity index (χ2v) is 5.27. The van der Waals surface area contributed by atoms with E-state index in [1.54, 1.807) is 24.2 Å². The van der Waals surface area contributed by atoms with Gasteiger partial charge in [0.1, 0.15) is 0 Å². The lowest BCUT2D eigenvalue weighted by Gasteiger charge is -2.22. The summed E-state index contributed by atoms with van der Waals surface area (Å²) in [5.41, 5.74) is 0.874. The van der Waals surface area contributed by atoms with Gasteiger partial charge in [-0.15, -0.1) is 0 Å². The van der Waals surface area contributed by atoms with Crippen LogP contribution in [-0.4, -0.2) is 42.0 Å². The number of nitrogens with zero attached hydrogens (tertiary/aromatic N) is 2. The fraction of sp³-hybridized carbons (Fsp3) is 0.385. The molecule has 2 aliphatic heterocycles. The topological polar surface area (TPSA) is 49.9 Å². The Morgan fingerprint density at radius 2 is 1.95 bits per heavy atom. The molecule has 1 aromatic rings. The zero-order valence-corrected chi connectivity index (χ0v) is 11.3. The van der Waals surface area contributed by atoms with Crippen LogP contribution in [0.2, 0.25) is 5.02 Å². The number of carbonyl (C=O) groups is 2. The van der Waals surface area contributed by atoms with E-state index in [9.17, 15) is 9.59 Å². The second kappa shape index (κ2) is 4.30. The van der Waals surface area contributed by atoms with Crippen molar-refractivity contribution in [3.05, 3.63) is 34.9 Å². The first kappa shape index (κ1) is 12.6. The molecule has 3 rings (SSSR count). The number of halogens is 1. The highest BCUT2D eigenvalue weighted by Crippen LogP contribution is 2.43. The van der Waals surface area contributed by atoms with Gasteiger partial charge in [-0.1, -0.05) is 23.7 Å². The van der Waals surface area contributed by atoms with E-state index in [1.807, 2.05) is 12.1 Å². The highest BCUT2D eigenvalue weighted by atomic mass is 35.5. The lowest BCUT2D eigenvalue weighted by atomic mass is 9.91. The fourth-order valence-corrected chi connectivity index (χ4v) is 2.99. The number of likely N-dealkylation sites (N-methyl/N-ethyl adjacent to an activating group) is 1. The van der Waals surface area contributed by atoms with Crippen LogP contribution in [0.4, 0.5) is 0 Å². The lowest BCUT2D eigenvalue weighted by Crippen LogP contribution is -2.33. The van der Waals surface area contributed by atoms with E-state index < -0.39 is 12.0 Å². The van der Waals surface area contributed by atoms with Crippen molar-refractivity contribution in [1.82, 2.24) is 9.96 Å². The molecule has 0 aromatic heterocycles. The first-order valence-corrected chi connectivity index (χ1v) is 6.35. The summed E-state index contributed by atoms with van der Waals surface area (Å²) in [7, 11) is 3.21. The molecule has 0 aliphatic carbocycles. The van der Waals surface area contributed by atoms with Crippen molar-refractivity contribution < 1.29 is 14.4 Å². The number of carbonyl (C=O) groups excluding carboxylic acids is 2.